The fraction of sp³-hybridized carbons (Fsp3) is 0.393. The van der Waals surface area contributed by atoms with Crippen molar-refractivity contribution in [1.29, 1.82) is 0 Å². The molecule has 8 nitrogen and oxygen atoms in total. The first kappa shape index (κ1) is 24.1. The highest BCUT2D eigenvalue weighted by molar-refractivity contribution is 5.93. The number of nitrogens with zero attached hydrogens (tertiary/aromatic N) is 2. The fourth-order valence-corrected chi connectivity index (χ4v) is 5.43. The summed E-state index contributed by atoms with van der Waals surface area (Å²) in [6, 6.07) is 18.3. The summed E-state index contributed by atoms with van der Waals surface area (Å²) < 4.78 is 5.60. The number of likely N-dealkylation sites (tertiary alicyclic amines) is 1. The summed E-state index contributed by atoms with van der Waals surface area (Å²) in [6.45, 7) is 1.33. The maximum atomic E-state index is 13.8. The predicted octanol–water partition coefficient (Wildman–Crippen LogP) is 3.62. The summed E-state index contributed by atoms with van der Waals surface area (Å²) in [7, 11) is 0. The van der Waals surface area contributed by atoms with Crippen molar-refractivity contribution in [3.8, 4) is 0 Å². The van der Waals surface area contributed by atoms with Crippen LogP contribution in [0.5, 0.6) is 0 Å². The lowest BCUT2D eigenvalue weighted by molar-refractivity contribution is -0.150. The summed E-state index contributed by atoms with van der Waals surface area (Å²) in [5, 5.41) is 9.46. The third-order valence-corrected chi connectivity index (χ3v) is 7.64. The number of hydroxylamine groups is 1. The van der Waals surface area contributed by atoms with Crippen molar-refractivity contribution in [3.05, 3.63) is 77.9 Å². The van der Waals surface area contributed by atoms with Crippen LogP contribution >= 0.6 is 0 Å². The lowest BCUT2D eigenvalue weighted by Crippen LogP contribution is -2.62. The minimum Gasteiger partial charge on any atom is -0.445 e. The number of hydrogen-bond donors (Lipinski definition) is 2. The van der Waals surface area contributed by atoms with Gasteiger partial charge in [0.15, 0.2) is 0 Å². The fourth-order valence-electron chi connectivity index (χ4n) is 5.43. The lowest BCUT2D eigenvalue weighted by atomic mass is 9.79. The van der Waals surface area contributed by atoms with E-state index in [0.717, 1.165) is 24.0 Å². The van der Waals surface area contributed by atoms with Crippen LogP contribution in [0, 0.1) is 11.3 Å². The van der Waals surface area contributed by atoms with Crippen LogP contribution in [0.2, 0.25) is 0 Å². The van der Waals surface area contributed by atoms with Gasteiger partial charge in [-0.1, -0.05) is 66.7 Å². The van der Waals surface area contributed by atoms with Gasteiger partial charge >= 0.3 is 6.09 Å². The zero-order chi connectivity index (χ0) is 25.1. The van der Waals surface area contributed by atoms with E-state index in [-0.39, 0.29) is 17.9 Å². The van der Waals surface area contributed by atoms with Crippen molar-refractivity contribution in [2.24, 2.45) is 11.3 Å². The summed E-state index contributed by atoms with van der Waals surface area (Å²) in [4.78, 5) is 43.0. The van der Waals surface area contributed by atoms with E-state index < -0.39 is 24.0 Å². The Bertz CT molecular complexity index is 1150. The SMILES string of the molecule is O=C(NO)[C@H]1CC2(CC2)CN(C(=O)OCc2ccccc2)[C@@H]1C(=O)N1CC=C(c2ccccc2)CC1. The van der Waals surface area contributed by atoms with E-state index in [1.807, 2.05) is 66.7 Å². The molecule has 1 aliphatic carbocycles. The highest BCUT2D eigenvalue weighted by Gasteiger charge is 2.57. The standard InChI is InChI=1S/C28H31N3O5/c32-25(29-35)23-17-28(13-14-28)19-31(27(34)36-18-20-7-3-1-4-8-20)24(23)26(33)30-15-11-22(12-16-30)21-9-5-2-6-10-21/h1-11,23-24,35H,12-19H2,(H,29,32)/t23-,24-/m0/s1. The first-order valence-corrected chi connectivity index (χ1v) is 12.4. The number of rotatable bonds is 5. The predicted molar refractivity (Wildman–Crippen MR) is 132 cm³/mol. The van der Waals surface area contributed by atoms with Crippen molar-refractivity contribution in [3.63, 3.8) is 0 Å². The summed E-state index contributed by atoms with van der Waals surface area (Å²) in [6.07, 6.45) is 4.30. The van der Waals surface area contributed by atoms with Gasteiger partial charge in [0.1, 0.15) is 12.6 Å². The number of piperidine rings is 1. The van der Waals surface area contributed by atoms with Gasteiger partial charge in [-0.2, -0.15) is 0 Å². The molecule has 0 aromatic heterocycles. The van der Waals surface area contributed by atoms with E-state index in [2.05, 4.69) is 0 Å². The topological polar surface area (TPSA) is 99.2 Å². The normalized spacial score (nSPS) is 22.5. The molecule has 3 aliphatic rings. The minimum absolute atomic E-state index is 0.0772. The van der Waals surface area contributed by atoms with Crippen molar-refractivity contribution in [2.45, 2.75) is 38.3 Å². The molecule has 188 valence electrons. The molecule has 2 aromatic rings. The van der Waals surface area contributed by atoms with Crippen molar-refractivity contribution in [2.75, 3.05) is 19.6 Å². The Labute approximate surface area is 210 Å². The van der Waals surface area contributed by atoms with Crippen molar-refractivity contribution in [1.82, 2.24) is 15.3 Å². The molecule has 1 saturated heterocycles. The zero-order valence-corrected chi connectivity index (χ0v) is 20.1. The Balaban J connectivity index is 1.37. The monoisotopic (exact) mass is 489 g/mol. The van der Waals surface area contributed by atoms with E-state index in [1.165, 1.54) is 10.5 Å². The average Bonchev–Trinajstić information content (AvgIpc) is 3.69. The Morgan fingerprint density at radius 1 is 1.03 bits per heavy atom. The Kier molecular flexibility index (Phi) is 6.78. The molecule has 36 heavy (non-hydrogen) atoms. The van der Waals surface area contributed by atoms with Crippen molar-refractivity contribution < 1.29 is 24.3 Å². The van der Waals surface area contributed by atoms with Gasteiger partial charge in [-0.3, -0.25) is 19.7 Å². The maximum absolute atomic E-state index is 13.8. The van der Waals surface area contributed by atoms with Gasteiger partial charge in [-0.05, 0) is 47.8 Å². The molecule has 8 heteroatoms. The second kappa shape index (κ2) is 10.1. The second-order valence-corrected chi connectivity index (χ2v) is 10.0. The zero-order valence-electron chi connectivity index (χ0n) is 20.1. The van der Waals surface area contributed by atoms with Gasteiger partial charge in [-0.25, -0.2) is 10.3 Å². The molecule has 3 amide bonds. The van der Waals surface area contributed by atoms with E-state index in [9.17, 15) is 19.6 Å². The molecule has 2 aromatic carbocycles. The van der Waals surface area contributed by atoms with E-state index >= 15 is 0 Å². The van der Waals surface area contributed by atoms with Crippen molar-refractivity contribution >= 4 is 23.5 Å². The van der Waals surface area contributed by atoms with Crippen LogP contribution in [-0.4, -0.2) is 58.6 Å². The quantitative estimate of drug-likeness (QED) is 0.494. The molecular formula is C28H31N3O5. The number of carbonyl (C=O) groups is 3. The van der Waals surface area contributed by atoms with Crippen LogP contribution in [-0.2, 0) is 20.9 Å². The number of amides is 3. The second-order valence-electron chi connectivity index (χ2n) is 10.0. The van der Waals surface area contributed by atoms with Crippen LogP contribution in [0.3, 0.4) is 0 Å². The van der Waals surface area contributed by atoms with Crippen LogP contribution in [0.25, 0.3) is 5.57 Å². The smallest absolute Gasteiger partial charge is 0.410 e. The summed E-state index contributed by atoms with van der Waals surface area (Å²) >= 11 is 0. The minimum atomic E-state index is -1.03. The molecular weight excluding hydrogens is 458 g/mol. The van der Waals surface area contributed by atoms with Gasteiger partial charge < -0.3 is 9.64 Å². The maximum Gasteiger partial charge on any atom is 0.410 e. The van der Waals surface area contributed by atoms with Crippen LogP contribution < -0.4 is 5.48 Å². The number of carbonyl (C=O) groups excluding carboxylic acids is 3. The largest absolute Gasteiger partial charge is 0.445 e. The molecule has 2 atom stereocenters. The molecule has 2 N–H and O–H groups in total. The van der Waals surface area contributed by atoms with Gasteiger partial charge in [0, 0.05) is 19.6 Å². The van der Waals surface area contributed by atoms with Gasteiger partial charge in [0.05, 0.1) is 5.92 Å². The highest BCUT2D eigenvalue weighted by Crippen LogP contribution is 2.55. The molecule has 5 rings (SSSR count). The number of nitrogens with one attached hydrogen (secondary N) is 1. The van der Waals surface area contributed by atoms with Crippen LogP contribution in [0.15, 0.2) is 66.7 Å². The summed E-state index contributed by atoms with van der Waals surface area (Å²) in [5.41, 5.74) is 4.66. The van der Waals surface area contributed by atoms with Gasteiger partial charge in [0.2, 0.25) is 11.8 Å². The average molecular weight is 490 g/mol. The van der Waals surface area contributed by atoms with E-state index in [4.69, 9.17) is 4.74 Å². The third-order valence-electron chi connectivity index (χ3n) is 7.64. The number of ether oxygens (including phenoxy) is 1. The molecule has 2 aliphatic heterocycles. The number of hydrogen-bond acceptors (Lipinski definition) is 5. The van der Waals surface area contributed by atoms with Gasteiger partial charge in [-0.15, -0.1) is 0 Å². The third kappa shape index (κ3) is 4.99. The Hall–Kier alpha value is -3.65. The molecule has 0 radical (unpaired) electrons. The molecule has 1 spiro atoms. The summed E-state index contributed by atoms with van der Waals surface area (Å²) in [5.74, 6) is -1.78. The van der Waals surface area contributed by atoms with Crippen LogP contribution in [0.1, 0.15) is 36.8 Å². The van der Waals surface area contributed by atoms with E-state index in [0.29, 0.717) is 32.5 Å². The molecule has 2 heterocycles. The molecule has 1 saturated carbocycles. The first-order chi connectivity index (χ1) is 17.5. The van der Waals surface area contributed by atoms with Crippen LogP contribution in [0.4, 0.5) is 4.79 Å². The molecule has 0 unspecified atom stereocenters. The Morgan fingerprint density at radius 2 is 1.72 bits per heavy atom. The lowest BCUT2D eigenvalue weighted by Gasteiger charge is -2.44. The first-order valence-electron chi connectivity index (χ1n) is 12.4. The number of benzene rings is 2. The molecule has 2 fully saturated rings. The molecule has 0 bridgehead atoms. The Morgan fingerprint density at radius 3 is 2.33 bits per heavy atom. The van der Waals surface area contributed by atoms with E-state index in [1.54, 1.807) is 10.4 Å². The van der Waals surface area contributed by atoms with Gasteiger partial charge in [0.25, 0.3) is 0 Å². The highest BCUT2D eigenvalue weighted by atomic mass is 16.6.